The first-order valence-electron chi connectivity index (χ1n) is 10.1. The second kappa shape index (κ2) is 9.34. The fourth-order valence-corrected chi connectivity index (χ4v) is 3.71. The zero-order chi connectivity index (χ0) is 19.9. The molecule has 4 rings (SSSR count). The Hall–Kier alpha value is -3.18. The van der Waals surface area contributed by atoms with Crippen LogP contribution in [0.2, 0.25) is 0 Å². The van der Waals surface area contributed by atoms with Gasteiger partial charge in [-0.05, 0) is 42.3 Å². The zero-order valence-electron chi connectivity index (χ0n) is 16.5. The lowest BCUT2D eigenvalue weighted by Crippen LogP contribution is -2.47. The van der Waals surface area contributed by atoms with E-state index in [1.54, 1.807) is 24.5 Å². The molecule has 1 aliphatic rings. The van der Waals surface area contributed by atoms with Gasteiger partial charge in [-0.1, -0.05) is 36.4 Å². The van der Waals surface area contributed by atoms with Crippen LogP contribution < -0.4 is 10.2 Å². The van der Waals surface area contributed by atoms with E-state index in [1.807, 2.05) is 18.2 Å². The zero-order valence-corrected chi connectivity index (χ0v) is 16.5. The molecule has 1 aromatic heterocycles. The van der Waals surface area contributed by atoms with E-state index in [4.69, 9.17) is 0 Å². The molecule has 1 saturated heterocycles. The van der Waals surface area contributed by atoms with Crippen molar-refractivity contribution in [2.24, 2.45) is 0 Å². The van der Waals surface area contributed by atoms with E-state index in [1.165, 1.54) is 11.3 Å². The van der Waals surface area contributed by atoms with Crippen LogP contribution in [0.3, 0.4) is 0 Å². The topological polar surface area (TPSA) is 48.5 Å². The number of hydrogen-bond donors (Lipinski definition) is 1. The number of aromatic nitrogens is 1. The van der Waals surface area contributed by atoms with E-state index >= 15 is 0 Å². The standard InChI is InChI=1S/C24H26N4O/c29-24(21-10-13-25-14-11-21)26-23-9-5-4-6-20(23)12-15-27-16-18-28(19-17-27)22-7-2-1-3-8-22/h1-11,13-14H,12,15-19H2,(H,26,29). The number of hydrogen-bond acceptors (Lipinski definition) is 4. The van der Waals surface area contributed by atoms with Crippen molar-refractivity contribution >= 4 is 17.3 Å². The number of pyridine rings is 1. The maximum Gasteiger partial charge on any atom is 0.255 e. The summed E-state index contributed by atoms with van der Waals surface area (Å²) in [4.78, 5) is 21.4. The quantitative estimate of drug-likeness (QED) is 0.702. The van der Waals surface area contributed by atoms with Crippen molar-refractivity contribution in [1.82, 2.24) is 9.88 Å². The molecule has 0 saturated carbocycles. The van der Waals surface area contributed by atoms with E-state index < -0.39 is 0 Å². The fourth-order valence-electron chi connectivity index (χ4n) is 3.71. The number of nitrogens with one attached hydrogen (secondary N) is 1. The first kappa shape index (κ1) is 19.2. The van der Waals surface area contributed by atoms with Crippen LogP contribution in [0.5, 0.6) is 0 Å². The summed E-state index contributed by atoms with van der Waals surface area (Å²) in [5.41, 5.74) is 3.97. The van der Waals surface area contributed by atoms with Gasteiger partial charge in [0.15, 0.2) is 0 Å². The Balaban J connectivity index is 1.32. The van der Waals surface area contributed by atoms with Crippen LogP contribution in [0.25, 0.3) is 0 Å². The normalized spacial score (nSPS) is 14.6. The lowest BCUT2D eigenvalue weighted by molar-refractivity contribution is 0.102. The molecule has 0 unspecified atom stereocenters. The minimum Gasteiger partial charge on any atom is -0.369 e. The number of piperazine rings is 1. The molecule has 1 N–H and O–H groups in total. The predicted octanol–water partition coefficient (Wildman–Crippen LogP) is 3.70. The molecule has 2 aromatic carbocycles. The molecular formula is C24H26N4O. The van der Waals surface area contributed by atoms with Gasteiger partial charge in [-0.3, -0.25) is 14.7 Å². The highest BCUT2D eigenvalue weighted by molar-refractivity contribution is 6.04. The van der Waals surface area contributed by atoms with Gasteiger partial charge >= 0.3 is 0 Å². The molecule has 0 atom stereocenters. The third-order valence-corrected chi connectivity index (χ3v) is 5.40. The third-order valence-electron chi connectivity index (χ3n) is 5.40. The van der Waals surface area contributed by atoms with Crippen LogP contribution in [-0.2, 0) is 6.42 Å². The van der Waals surface area contributed by atoms with Gasteiger partial charge in [-0.2, -0.15) is 0 Å². The van der Waals surface area contributed by atoms with E-state index in [9.17, 15) is 4.79 Å². The molecule has 29 heavy (non-hydrogen) atoms. The number of anilines is 2. The first-order chi connectivity index (χ1) is 14.3. The second-order valence-corrected chi connectivity index (χ2v) is 7.26. The summed E-state index contributed by atoms with van der Waals surface area (Å²) in [6.07, 6.45) is 4.18. The van der Waals surface area contributed by atoms with E-state index in [0.29, 0.717) is 5.56 Å². The number of nitrogens with zero attached hydrogens (tertiary/aromatic N) is 3. The van der Waals surface area contributed by atoms with Gasteiger partial charge in [0.1, 0.15) is 0 Å². The molecule has 1 fully saturated rings. The monoisotopic (exact) mass is 386 g/mol. The number of amides is 1. The molecule has 1 amide bonds. The average molecular weight is 386 g/mol. The minimum atomic E-state index is -0.101. The third kappa shape index (κ3) is 5.00. The van der Waals surface area contributed by atoms with Crippen LogP contribution in [0, 0.1) is 0 Å². The number of para-hydroxylation sites is 2. The Morgan fingerprint density at radius 3 is 2.31 bits per heavy atom. The highest BCUT2D eigenvalue weighted by Crippen LogP contribution is 2.19. The smallest absolute Gasteiger partial charge is 0.255 e. The number of carbonyl (C=O) groups excluding carboxylic acids is 1. The summed E-state index contributed by atoms with van der Waals surface area (Å²) in [7, 11) is 0. The molecule has 0 spiro atoms. The van der Waals surface area contributed by atoms with Crippen LogP contribution in [0.15, 0.2) is 79.1 Å². The van der Waals surface area contributed by atoms with Crippen molar-refractivity contribution in [1.29, 1.82) is 0 Å². The first-order valence-corrected chi connectivity index (χ1v) is 10.1. The molecule has 2 heterocycles. The lowest BCUT2D eigenvalue weighted by Gasteiger charge is -2.36. The molecule has 148 valence electrons. The number of carbonyl (C=O) groups is 1. The summed E-state index contributed by atoms with van der Waals surface area (Å²) in [6.45, 7) is 5.19. The summed E-state index contributed by atoms with van der Waals surface area (Å²) in [5, 5.41) is 3.05. The maximum atomic E-state index is 12.5. The summed E-state index contributed by atoms with van der Waals surface area (Å²) in [5.74, 6) is -0.101. The summed E-state index contributed by atoms with van der Waals surface area (Å²) < 4.78 is 0. The van der Waals surface area contributed by atoms with Gasteiger partial charge < -0.3 is 10.2 Å². The van der Waals surface area contributed by atoms with Crippen molar-refractivity contribution in [3.05, 3.63) is 90.3 Å². The molecule has 1 aliphatic heterocycles. The Labute approximate surface area is 172 Å². The van der Waals surface area contributed by atoms with Crippen molar-refractivity contribution in [2.75, 3.05) is 42.9 Å². The van der Waals surface area contributed by atoms with Gasteiger partial charge in [0.05, 0.1) is 0 Å². The molecule has 0 bridgehead atoms. The Morgan fingerprint density at radius 1 is 0.862 bits per heavy atom. The van der Waals surface area contributed by atoms with E-state index in [0.717, 1.165) is 44.8 Å². The number of benzene rings is 2. The van der Waals surface area contributed by atoms with Crippen LogP contribution >= 0.6 is 0 Å². The molecule has 3 aromatic rings. The van der Waals surface area contributed by atoms with Gasteiger partial charge in [-0.25, -0.2) is 0 Å². The van der Waals surface area contributed by atoms with Crippen LogP contribution in [0.1, 0.15) is 15.9 Å². The van der Waals surface area contributed by atoms with Gasteiger partial charge in [-0.15, -0.1) is 0 Å². The average Bonchev–Trinajstić information content (AvgIpc) is 2.80. The molecule has 5 heteroatoms. The molecular weight excluding hydrogens is 360 g/mol. The van der Waals surface area contributed by atoms with E-state index in [-0.39, 0.29) is 5.91 Å². The SMILES string of the molecule is O=C(Nc1ccccc1CCN1CCN(c2ccccc2)CC1)c1ccncc1. The van der Waals surface area contributed by atoms with Gasteiger partial charge in [0.25, 0.3) is 5.91 Å². The van der Waals surface area contributed by atoms with Gasteiger partial charge in [0, 0.05) is 62.1 Å². The fraction of sp³-hybridized carbons (Fsp3) is 0.250. The molecule has 5 nitrogen and oxygen atoms in total. The Kier molecular flexibility index (Phi) is 6.17. The van der Waals surface area contributed by atoms with Crippen molar-refractivity contribution in [2.45, 2.75) is 6.42 Å². The largest absolute Gasteiger partial charge is 0.369 e. The van der Waals surface area contributed by atoms with Crippen LogP contribution in [-0.4, -0.2) is 48.5 Å². The predicted molar refractivity (Wildman–Crippen MR) is 117 cm³/mol. The van der Waals surface area contributed by atoms with Crippen molar-refractivity contribution in [3.8, 4) is 0 Å². The minimum absolute atomic E-state index is 0.101. The molecule has 0 aliphatic carbocycles. The Bertz CT molecular complexity index is 922. The highest BCUT2D eigenvalue weighted by atomic mass is 16.1. The van der Waals surface area contributed by atoms with E-state index in [2.05, 4.69) is 56.5 Å². The highest BCUT2D eigenvalue weighted by Gasteiger charge is 2.17. The van der Waals surface area contributed by atoms with Gasteiger partial charge in [0.2, 0.25) is 0 Å². The second-order valence-electron chi connectivity index (χ2n) is 7.26. The molecule has 0 radical (unpaired) electrons. The summed E-state index contributed by atoms with van der Waals surface area (Å²) in [6, 6.07) is 22.1. The number of rotatable bonds is 6. The lowest BCUT2D eigenvalue weighted by atomic mass is 10.1. The maximum absolute atomic E-state index is 12.5. The Morgan fingerprint density at radius 2 is 1.55 bits per heavy atom. The summed E-state index contributed by atoms with van der Waals surface area (Å²) >= 11 is 0. The van der Waals surface area contributed by atoms with Crippen molar-refractivity contribution in [3.63, 3.8) is 0 Å². The van der Waals surface area contributed by atoms with Crippen LogP contribution in [0.4, 0.5) is 11.4 Å². The van der Waals surface area contributed by atoms with Crippen molar-refractivity contribution < 1.29 is 4.79 Å².